The molecule has 1 heterocycles. The Bertz CT molecular complexity index is 824. The first kappa shape index (κ1) is 17.6. The lowest BCUT2D eigenvalue weighted by Crippen LogP contribution is -2.35. The summed E-state index contributed by atoms with van der Waals surface area (Å²) in [5.41, 5.74) is 0.764. The number of likely N-dealkylation sites (tertiary alicyclic amines) is 1. The maximum atomic E-state index is 12.6. The first-order chi connectivity index (χ1) is 12.9. The van der Waals surface area contributed by atoms with Crippen molar-refractivity contribution >= 4 is 29.1 Å². The third kappa shape index (κ3) is 2.89. The van der Waals surface area contributed by atoms with Gasteiger partial charge < -0.3 is 5.32 Å². The van der Waals surface area contributed by atoms with Crippen LogP contribution in [0.2, 0.25) is 0 Å². The molecule has 8 heteroatoms. The molecule has 3 amide bonds. The number of nitrogens with zero attached hydrogens (tertiary/aromatic N) is 2. The molecular formula is C19H21N3O5. The molecule has 1 aliphatic heterocycles. The SMILES string of the molecule is Cc1ccc(NC(=O)CCN2C(=O)[C@H]3[C@@H]4CC[C@@H](C4)[C@@H]3C2=O)cc1[N+](=O)[O-]. The lowest BCUT2D eigenvalue weighted by atomic mass is 9.81. The van der Waals surface area contributed by atoms with Crippen molar-refractivity contribution in [3.63, 3.8) is 0 Å². The van der Waals surface area contributed by atoms with Crippen LogP contribution in [-0.2, 0) is 14.4 Å². The van der Waals surface area contributed by atoms with Gasteiger partial charge in [-0.15, -0.1) is 0 Å². The van der Waals surface area contributed by atoms with Gasteiger partial charge in [-0.25, -0.2) is 0 Å². The van der Waals surface area contributed by atoms with E-state index in [9.17, 15) is 24.5 Å². The van der Waals surface area contributed by atoms with Gasteiger partial charge in [0.2, 0.25) is 17.7 Å². The number of nitrogens with one attached hydrogen (secondary N) is 1. The molecule has 4 rings (SSSR count). The summed E-state index contributed by atoms with van der Waals surface area (Å²) in [6.07, 6.45) is 3.00. The lowest BCUT2D eigenvalue weighted by Gasteiger charge is -2.19. The Morgan fingerprint density at radius 3 is 2.44 bits per heavy atom. The van der Waals surface area contributed by atoms with E-state index in [1.165, 1.54) is 11.0 Å². The number of anilines is 1. The standard InChI is InChI=1S/C19H21N3O5/c1-10-2-5-13(9-14(10)22(26)27)20-15(23)6-7-21-18(24)16-11-3-4-12(8-11)17(16)19(21)25/h2,5,9,11-12,16-17H,3-4,6-8H2,1H3,(H,20,23)/t11-,12+,16-,17-/m0/s1. The third-order valence-electron chi connectivity index (χ3n) is 6.27. The molecule has 1 aromatic carbocycles. The van der Waals surface area contributed by atoms with Crippen LogP contribution in [-0.4, -0.2) is 34.1 Å². The van der Waals surface area contributed by atoms with Gasteiger partial charge in [0.25, 0.3) is 5.69 Å². The van der Waals surface area contributed by atoms with Crippen molar-refractivity contribution in [2.75, 3.05) is 11.9 Å². The van der Waals surface area contributed by atoms with E-state index in [1.807, 2.05) is 0 Å². The maximum absolute atomic E-state index is 12.6. The third-order valence-corrected chi connectivity index (χ3v) is 6.27. The van der Waals surface area contributed by atoms with Crippen LogP contribution in [0.25, 0.3) is 0 Å². The second-order valence-corrected chi connectivity index (χ2v) is 7.77. The van der Waals surface area contributed by atoms with E-state index in [1.54, 1.807) is 19.1 Å². The van der Waals surface area contributed by atoms with Crippen LogP contribution in [0.4, 0.5) is 11.4 Å². The molecule has 8 nitrogen and oxygen atoms in total. The highest BCUT2D eigenvalue weighted by atomic mass is 16.6. The molecule has 3 fully saturated rings. The van der Waals surface area contributed by atoms with Gasteiger partial charge in [-0.2, -0.15) is 0 Å². The van der Waals surface area contributed by atoms with Crippen LogP contribution in [0.1, 0.15) is 31.2 Å². The van der Waals surface area contributed by atoms with E-state index >= 15 is 0 Å². The first-order valence-electron chi connectivity index (χ1n) is 9.27. The van der Waals surface area contributed by atoms with Crippen molar-refractivity contribution in [3.8, 4) is 0 Å². The van der Waals surface area contributed by atoms with Crippen LogP contribution in [0.15, 0.2) is 18.2 Å². The molecule has 0 radical (unpaired) electrons. The van der Waals surface area contributed by atoms with E-state index < -0.39 is 4.92 Å². The molecule has 1 saturated heterocycles. The molecule has 3 aliphatic rings. The smallest absolute Gasteiger partial charge is 0.274 e. The number of nitro groups is 1. The Morgan fingerprint density at radius 1 is 1.22 bits per heavy atom. The summed E-state index contributed by atoms with van der Waals surface area (Å²) < 4.78 is 0. The van der Waals surface area contributed by atoms with Crippen LogP contribution < -0.4 is 5.32 Å². The number of carbonyl (C=O) groups is 3. The Balaban J connectivity index is 1.37. The average molecular weight is 371 g/mol. The zero-order valence-electron chi connectivity index (χ0n) is 15.0. The second kappa shape index (κ2) is 6.44. The molecule has 0 unspecified atom stereocenters. The molecule has 4 atom stereocenters. The Hall–Kier alpha value is -2.77. The predicted molar refractivity (Wildman–Crippen MR) is 95.6 cm³/mol. The summed E-state index contributed by atoms with van der Waals surface area (Å²) in [6, 6.07) is 4.47. The molecule has 27 heavy (non-hydrogen) atoms. The van der Waals surface area contributed by atoms with Gasteiger partial charge in [0.1, 0.15) is 0 Å². The molecule has 0 spiro atoms. The van der Waals surface area contributed by atoms with E-state index in [0.29, 0.717) is 23.1 Å². The minimum Gasteiger partial charge on any atom is -0.326 e. The highest BCUT2D eigenvalue weighted by molar-refractivity contribution is 6.06. The van der Waals surface area contributed by atoms with E-state index in [4.69, 9.17) is 0 Å². The average Bonchev–Trinajstić information content (AvgIpc) is 3.29. The van der Waals surface area contributed by atoms with Gasteiger partial charge in [-0.1, -0.05) is 6.07 Å². The largest absolute Gasteiger partial charge is 0.326 e. The quantitative estimate of drug-likeness (QED) is 0.485. The maximum Gasteiger partial charge on any atom is 0.274 e. The number of hydrogen-bond acceptors (Lipinski definition) is 5. The molecule has 1 aromatic rings. The van der Waals surface area contributed by atoms with Gasteiger partial charge in [0, 0.05) is 30.3 Å². The second-order valence-electron chi connectivity index (χ2n) is 7.77. The molecule has 0 aromatic heterocycles. The van der Waals surface area contributed by atoms with Crippen molar-refractivity contribution in [1.29, 1.82) is 0 Å². The van der Waals surface area contributed by atoms with Crippen molar-refractivity contribution < 1.29 is 19.3 Å². The predicted octanol–water partition coefficient (Wildman–Crippen LogP) is 2.26. The summed E-state index contributed by atoms with van der Waals surface area (Å²) in [4.78, 5) is 49.2. The van der Waals surface area contributed by atoms with Gasteiger partial charge in [0.15, 0.2) is 0 Å². The van der Waals surface area contributed by atoms with Crippen LogP contribution >= 0.6 is 0 Å². The van der Waals surface area contributed by atoms with Crippen LogP contribution in [0.5, 0.6) is 0 Å². The van der Waals surface area contributed by atoms with Gasteiger partial charge in [-0.05, 0) is 44.1 Å². The van der Waals surface area contributed by atoms with Crippen LogP contribution in [0, 0.1) is 40.7 Å². The molecule has 2 saturated carbocycles. The summed E-state index contributed by atoms with van der Waals surface area (Å²) in [7, 11) is 0. The van der Waals surface area contributed by atoms with E-state index in [-0.39, 0.29) is 48.2 Å². The zero-order valence-corrected chi connectivity index (χ0v) is 15.0. The Labute approximate surface area is 156 Å². The fourth-order valence-electron chi connectivity index (χ4n) is 5.01. The minimum absolute atomic E-state index is 0.0199. The highest BCUT2D eigenvalue weighted by Crippen LogP contribution is 2.56. The Kier molecular flexibility index (Phi) is 4.20. The number of imide groups is 1. The zero-order chi connectivity index (χ0) is 19.3. The lowest BCUT2D eigenvalue weighted by molar-refractivity contribution is -0.385. The number of benzene rings is 1. The highest BCUT2D eigenvalue weighted by Gasteiger charge is 2.60. The van der Waals surface area contributed by atoms with Crippen molar-refractivity contribution in [2.45, 2.75) is 32.6 Å². The van der Waals surface area contributed by atoms with Crippen molar-refractivity contribution in [2.24, 2.45) is 23.7 Å². The molecule has 2 aliphatic carbocycles. The minimum atomic E-state index is -0.500. The van der Waals surface area contributed by atoms with Gasteiger partial charge in [-0.3, -0.25) is 29.4 Å². The van der Waals surface area contributed by atoms with E-state index in [0.717, 1.165) is 19.3 Å². The molecule has 2 bridgehead atoms. The fraction of sp³-hybridized carbons (Fsp3) is 0.526. The van der Waals surface area contributed by atoms with Gasteiger partial charge >= 0.3 is 0 Å². The number of aryl methyl sites for hydroxylation is 1. The topological polar surface area (TPSA) is 110 Å². The number of hydrogen-bond donors (Lipinski definition) is 1. The molecule has 142 valence electrons. The first-order valence-corrected chi connectivity index (χ1v) is 9.27. The molecule has 1 N–H and O–H groups in total. The summed E-state index contributed by atoms with van der Waals surface area (Å²) in [6.45, 7) is 1.68. The van der Waals surface area contributed by atoms with Crippen molar-refractivity contribution in [1.82, 2.24) is 4.90 Å². The summed E-state index contributed by atoms with van der Waals surface area (Å²) >= 11 is 0. The Morgan fingerprint density at radius 2 is 1.85 bits per heavy atom. The number of carbonyl (C=O) groups excluding carboxylic acids is 3. The summed E-state index contributed by atoms with van der Waals surface area (Å²) in [5, 5.41) is 13.6. The van der Waals surface area contributed by atoms with Crippen LogP contribution in [0.3, 0.4) is 0 Å². The van der Waals surface area contributed by atoms with Crippen molar-refractivity contribution in [3.05, 3.63) is 33.9 Å². The number of fused-ring (bicyclic) bond motifs is 5. The monoisotopic (exact) mass is 371 g/mol. The fourth-order valence-corrected chi connectivity index (χ4v) is 5.01. The number of nitro benzene ring substituents is 1. The van der Waals surface area contributed by atoms with E-state index in [2.05, 4.69) is 5.32 Å². The van der Waals surface area contributed by atoms with Gasteiger partial charge in [0.05, 0.1) is 16.8 Å². The normalized spacial score (nSPS) is 28.6. The summed E-state index contributed by atoms with van der Waals surface area (Å²) in [5.74, 6) is -0.356. The molecular weight excluding hydrogens is 350 g/mol. The number of amides is 3. The number of rotatable bonds is 5.